The molecule has 4 atom stereocenters. The smallest absolute Gasteiger partial charge is 0.270 e. The first-order chi connectivity index (χ1) is 13.1. The average Bonchev–Trinajstić information content (AvgIpc) is 3.24. The highest BCUT2D eigenvalue weighted by molar-refractivity contribution is 7.93. The summed E-state index contributed by atoms with van der Waals surface area (Å²) in [6.07, 6.45) is -0.0295. The van der Waals surface area contributed by atoms with E-state index in [2.05, 4.69) is 0 Å². The summed E-state index contributed by atoms with van der Waals surface area (Å²) in [6.45, 7) is 7.50. The van der Waals surface area contributed by atoms with Crippen molar-refractivity contribution in [1.82, 2.24) is 0 Å². The molecule has 2 aliphatic carbocycles. The number of rotatable bonds is 4. The van der Waals surface area contributed by atoms with E-state index in [1.165, 1.54) is 12.1 Å². The van der Waals surface area contributed by atoms with Crippen LogP contribution in [0.15, 0.2) is 30.4 Å². The number of fused-ring (bicyclic) bond motifs is 2. The second-order valence-corrected chi connectivity index (χ2v) is 8.84. The van der Waals surface area contributed by atoms with Gasteiger partial charge in [0, 0.05) is 6.54 Å². The van der Waals surface area contributed by atoms with Gasteiger partial charge < -0.3 is 0 Å². The molecule has 28 heavy (non-hydrogen) atoms. The standard InChI is InChI=1S/C18H19F3N2O2S.C2H6/c1-3-23(15-7-6-14(10-22)16(9-15)18(19,20)21)26(24,25)17-11(2)12-4-5-13(17)8-12;1-2/h4-7,9,11-13,17H,3,8H2,1-2H3;1-2H3/t11-,12-,13+,17-;/m0./s1. The lowest BCUT2D eigenvalue weighted by Gasteiger charge is -2.32. The summed E-state index contributed by atoms with van der Waals surface area (Å²) in [5.41, 5.74) is -1.70. The van der Waals surface area contributed by atoms with Crippen LogP contribution in [0, 0.1) is 29.1 Å². The molecular weight excluding hydrogens is 389 g/mol. The lowest BCUT2D eigenvalue weighted by atomic mass is 9.95. The Morgan fingerprint density at radius 2 is 1.82 bits per heavy atom. The van der Waals surface area contributed by atoms with Gasteiger partial charge >= 0.3 is 6.18 Å². The van der Waals surface area contributed by atoms with Gasteiger partial charge in [-0.2, -0.15) is 18.4 Å². The molecule has 0 aliphatic heterocycles. The highest BCUT2D eigenvalue weighted by atomic mass is 32.2. The number of hydrogen-bond acceptors (Lipinski definition) is 3. The van der Waals surface area contributed by atoms with E-state index in [4.69, 9.17) is 5.26 Å². The first-order valence-electron chi connectivity index (χ1n) is 9.42. The van der Waals surface area contributed by atoms with Crippen molar-refractivity contribution in [3.05, 3.63) is 41.5 Å². The quantitative estimate of drug-likeness (QED) is 0.654. The number of benzene rings is 1. The molecule has 2 bridgehead atoms. The van der Waals surface area contributed by atoms with Crippen LogP contribution >= 0.6 is 0 Å². The van der Waals surface area contributed by atoms with Gasteiger partial charge in [0.05, 0.1) is 28.1 Å². The molecule has 1 aromatic carbocycles. The Morgan fingerprint density at radius 1 is 1.21 bits per heavy atom. The monoisotopic (exact) mass is 414 g/mol. The van der Waals surface area contributed by atoms with Crippen molar-refractivity contribution in [2.45, 2.75) is 45.5 Å². The summed E-state index contributed by atoms with van der Waals surface area (Å²) in [6, 6.07) is 4.56. The SMILES string of the molecule is CC.CCN(c1ccc(C#N)c(C(F)(F)F)c1)S(=O)(=O)[C@H]1[C@@H](C)[C@H]2C=C[C@@H]1C2. The molecule has 0 radical (unpaired) electrons. The van der Waals surface area contributed by atoms with Crippen LogP contribution in [0.3, 0.4) is 0 Å². The van der Waals surface area contributed by atoms with Crippen molar-refractivity contribution in [3.63, 3.8) is 0 Å². The summed E-state index contributed by atoms with van der Waals surface area (Å²) >= 11 is 0. The third-order valence-corrected chi connectivity index (χ3v) is 7.97. The molecule has 4 nitrogen and oxygen atoms in total. The molecule has 0 spiro atoms. The maximum absolute atomic E-state index is 13.2. The third kappa shape index (κ3) is 3.77. The van der Waals surface area contributed by atoms with E-state index in [-0.39, 0.29) is 30.0 Å². The average molecular weight is 414 g/mol. The lowest BCUT2D eigenvalue weighted by molar-refractivity contribution is -0.137. The Balaban J connectivity index is 0.00000136. The highest BCUT2D eigenvalue weighted by Gasteiger charge is 2.50. The fourth-order valence-electron chi connectivity index (χ4n) is 4.19. The normalized spacial score (nSPS) is 25.8. The zero-order valence-electron chi connectivity index (χ0n) is 16.4. The number of allylic oxidation sites excluding steroid dienone is 2. The summed E-state index contributed by atoms with van der Waals surface area (Å²) in [5.74, 6) is 0.0178. The first-order valence-corrected chi connectivity index (χ1v) is 10.9. The molecule has 8 heteroatoms. The number of alkyl halides is 3. The van der Waals surface area contributed by atoms with Gasteiger partial charge in [-0.15, -0.1) is 0 Å². The Bertz CT molecular complexity index is 888. The lowest BCUT2D eigenvalue weighted by Crippen LogP contribution is -2.43. The van der Waals surface area contributed by atoms with Crippen LogP contribution in [-0.4, -0.2) is 20.2 Å². The Hall–Kier alpha value is -2.01. The molecule has 0 N–H and O–H groups in total. The van der Waals surface area contributed by atoms with E-state index >= 15 is 0 Å². The molecule has 3 rings (SSSR count). The molecule has 0 unspecified atom stereocenters. The van der Waals surface area contributed by atoms with Gasteiger partial charge in [0.2, 0.25) is 10.0 Å². The van der Waals surface area contributed by atoms with E-state index in [1.54, 1.807) is 6.92 Å². The maximum Gasteiger partial charge on any atom is 0.417 e. The van der Waals surface area contributed by atoms with Crippen LogP contribution in [0.4, 0.5) is 18.9 Å². The molecular formula is C20H25F3N2O2S. The van der Waals surface area contributed by atoms with Crippen molar-refractivity contribution in [1.29, 1.82) is 5.26 Å². The Morgan fingerprint density at radius 3 is 2.29 bits per heavy atom. The minimum absolute atomic E-state index is 0.0237. The Labute approximate surface area is 164 Å². The van der Waals surface area contributed by atoms with Crippen LogP contribution in [0.2, 0.25) is 0 Å². The van der Waals surface area contributed by atoms with Crippen molar-refractivity contribution < 1.29 is 21.6 Å². The highest BCUT2D eigenvalue weighted by Crippen LogP contribution is 2.48. The van der Waals surface area contributed by atoms with Crippen molar-refractivity contribution in [2.75, 3.05) is 10.8 Å². The van der Waals surface area contributed by atoms with Crippen molar-refractivity contribution in [2.24, 2.45) is 17.8 Å². The molecule has 1 aromatic rings. The molecule has 2 aliphatic rings. The molecule has 0 aromatic heterocycles. The van der Waals surface area contributed by atoms with Crippen molar-refractivity contribution >= 4 is 15.7 Å². The summed E-state index contributed by atoms with van der Waals surface area (Å²) < 4.78 is 67.2. The topological polar surface area (TPSA) is 61.2 Å². The summed E-state index contributed by atoms with van der Waals surface area (Å²) in [5, 5.41) is 8.28. The van der Waals surface area contributed by atoms with Gasteiger partial charge in [-0.3, -0.25) is 4.31 Å². The zero-order chi connectivity index (χ0) is 21.3. The van der Waals surface area contributed by atoms with Crippen LogP contribution in [-0.2, 0) is 16.2 Å². The maximum atomic E-state index is 13.2. The van der Waals surface area contributed by atoms with Crippen LogP contribution in [0.25, 0.3) is 0 Å². The second kappa shape index (κ2) is 8.16. The molecule has 1 fully saturated rings. The van der Waals surface area contributed by atoms with Crippen LogP contribution in [0.1, 0.15) is 45.2 Å². The van der Waals surface area contributed by atoms with Gasteiger partial charge in [0.15, 0.2) is 0 Å². The fourth-order valence-corrected chi connectivity index (χ4v) is 6.64. The molecule has 154 valence electrons. The van der Waals surface area contributed by atoms with Crippen LogP contribution in [0.5, 0.6) is 0 Å². The van der Waals surface area contributed by atoms with E-state index in [0.29, 0.717) is 0 Å². The van der Waals surface area contributed by atoms with Gasteiger partial charge in [-0.05, 0) is 49.3 Å². The number of nitriles is 1. The summed E-state index contributed by atoms with van der Waals surface area (Å²) in [7, 11) is -3.83. The van der Waals surface area contributed by atoms with Gasteiger partial charge in [-0.1, -0.05) is 32.9 Å². The second-order valence-electron chi connectivity index (χ2n) is 6.82. The first kappa shape index (κ1) is 22.3. The summed E-state index contributed by atoms with van der Waals surface area (Å²) in [4.78, 5) is 0. The van der Waals surface area contributed by atoms with E-state index in [9.17, 15) is 21.6 Å². The van der Waals surface area contributed by atoms with E-state index in [1.807, 2.05) is 32.9 Å². The van der Waals surface area contributed by atoms with Gasteiger partial charge in [0.25, 0.3) is 0 Å². The number of hydrogen-bond donors (Lipinski definition) is 0. The predicted octanol–water partition coefficient (Wildman–Crippen LogP) is 4.97. The van der Waals surface area contributed by atoms with Gasteiger partial charge in [0.1, 0.15) is 0 Å². The Kier molecular flexibility index (Phi) is 6.49. The molecule has 1 saturated carbocycles. The molecule has 0 saturated heterocycles. The molecule has 0 heterocycles. The van der Waals surface area contributed by atoms with E-state index < -0.39 is 32.6 Å². The van der Waals surface area contributed by atoms with Gasteiger partial charge in [-0.25, -0.2) is 8.42 Å². The number of nitrogens with zero attached hydrogens (tertiary/aromatic N) is 2. The van der Waals surface area contributed by atoms with Crippen LogP contribution < -0.4 is 4.31 Å². The molecule has 0 amide bonds. The fraction of sp³-hybridized carbons (Fsp3) is 0.550. The third-order valence-electron chi connectivity index (χ3n) is 5.42. The minimum atomic E-state index is -4.73. The number of sulfonamides is 1. The minimum Gasteiger partial charge on any atom is -0.270 e. The van der Waals surface area contributed by atoms with E-state index in [0.717, 1.165) is 22.9 Å². The predicted molar refractivity (Wildman–Crippen MR) is 103 cm³/mol. The van der Waals surface area contributed by atoms with Crippen molar-refractivity contribution in [3.8, 4) is 6.07 Å². The largest absolute Gasteiger partial charge is 0.417 e. The number of anilines is 1. The number of halogens is 3. The zero-order valence-corrected chi connectivity index (χ0v) is 17.2.